The average Bonchev–Trinajstić information content (AvgIpc) is 2.69. The van der Waals surface area contributed by atoms with E-state index in [2.05, 4.69) is 80.4 Å². The molecule has 0 aromatic heterocycles. The molecule has 4 heteroatoms. The van der Waals surface area contributed by atoms with Gasteiger partial charge in [-0.3, -0.25) is 9.69 Å². The van der Waals surface area contributed by atoms with Gasteiger partial charge in [0.05, 0.1) is 6.04 Å². The number of hydrogen-bond acceptors (Lipinski definition) is 3. The number of ether oxygens (including phenoxy) is 1. The predicted octanol–water partition coefficient (Wildman–Crippen LogP) is 4.93. The molecule has 1 fully saturated rings. The Morgan fingerprint density at radius 1 is 1.07 bits per heavy atom. The predicted molar refractivity (Wildman–Crippen MR) is 121 cm³/mol. The van der Waals surface area contributed by atoms with Gasteiger partial charge in [-0.1, -0.05) is 42.0 Å². The molecule has 2 heterocycles. The van der Waals surface area contributed by atoms with Gasteiger partial charge in [0, 0.05) is 24.4 Å². The highest BCUT2D eigenvalue weighted by Gasteiger charge is 2.36. The van der Waals surface area contributed by atoms with Gasteiger partial charge in [-0.25, -0.2) is 0 Å². The summed E-state index contributed by atoms with van der Waals surface area (Å²) in [6, 6.07) is 15.1. The SMILES string of the molecule is Cc1ccc(CN2CCC(C(=O)NC3CC(C)(C)Oc4cc(C)ccc43)CC2)cc1. The second kappa shape index (κ2) is 8.43. The standard InChI is InChI=1S/C26H34N2O2/c1-18-5-8-20(9-6-18)17-28-13-11-21(12-14-28)25(29)27-23-16-26(3,4)30-24-15-19(2)7-10-22(23)24/h5-10,15,21,23H,11-14,16-17H2,1-4H3,(H,27,29). The Kier molecular flexibility index (Phi) is 5.88. The molecule has 0 spiro atoms. The van der Waals surface area contributed by atoms with Crippen LogP contribution in [-0.4, -0.2) is 29.5 Å². The quantitative estimate of drug-likeness (QED) is 0.782. The van der Waals surface area contributed by atoms with Gasteiger partial charge in [0.2, 0.25) is 5.91 Å². The van der Waals surface area contributed by atoms with E-state index in [0.717, 1.165) is 50.2 Å². The Bertz CT molecular complexity index is 896. The van der Waals surface area contributed by atoms with Crippen molar-refractivity contribution in [2.24, 2.45) is 5.92 Å². The lowest BCUT2D eigenvalue weighted by molar-refractivity contribution is -0.127. The van der Waals surface area contributed by atoms with Crippen molar-refractivity contribution in [1.82, 2.24) is 10.2 Å². The second-order valence-electron chi connectivity index (χ2n) is 9.70. The van der Waals surface area contributed by atoms with Crippen LogP contribution in [-0.2, 0) is 11.3 Å². The van der Waals surface area contributed by atoms with Gasteiger partial charge < -0.3 is 10.1 Å². The molecule has 2 aromatic carbocycles. The van der Waals surface area contributed by atoms with Crippen molar-refractivity contribution in [3.8, 4) is 5.75 Å². The molecule has 0 bridgehead atoms. The Hall–Kier alpha value is -2.33. The smallest absolute Gasteiger partial charge is 0.223 e. The zero-order valence-electron chi connectivity index (χ0n) is 18.7. The highest BCUT2D eigenvalue weighted by molar-refractivity contribution is 5.79. The first-order valence-corrected chi connectivity index (χ1v) is 11.2. The molecule has 30 heavy (non-hydrogen) atoms. The maximum Gasteiger partial charge on any atom is 0.223 e. The van der Waals surface area contributed by atoms with E-state index in [1.807, 2.05) is 0 Å². The van der Waals surface area contributed by atoms with Crippen LogP contribution in [0.25, 0.3) is 0 Å². The fraction of sp³-hybridized carbons (Fsp3) is 0.500. The minimum Gasteiger partial charge on any atom is -0.487 e. The monoisotopic (exact) mass is 406 g/mol. The molecule has 4 rings (SSSR count). The number of rotatable bonds is 4. The van der Waals surface area contributed by atoms with Crippen LogP contribution in [0, 0.1) is 19.8 Å². The van der Waals surface area contributed by atoms with E-state index in [0.29, 0.717) is 0 Å². The van der Waals surface area contributed by atoms with Gasteiger partial charge in [-0.05, 0) is 70.8 Å². The molecule has 2 aliphatic heterocycles. The van der Waals surface area contributed by atoms with Gasteiger partial charge in [-0.2, -0.15) is 0 Å². The summed E-state index contributed by atoms with van der Waals surface area (Å²) in [4.78, 5) is 15.5. The number of piperidine rings is 1. The topological polar surface area (TPSA) is 41.6 Å². The third kappa shape index (κ3) is 4.86. The maximum absolute atomic E-state index is 13.1. The first kappa shape index (κ1) is 20.9. The van der Waals surface area contributed by atoms with Crippen LogP contribution < -0.4 is 10.1 Å². The van der Waals surface area contributed by atoms with Crippen molar-refractivity contribution in [3.05, 3.63) is 64.7 Å². The molecule has 4 nitrogen and oxygen atoms in total. The number of amides is 1. The summed E-state index contributed by atoms with van der Waals surface area (Å²) < 4.78 is 6.18. The fourth-order valence-corrected chi connectivity index (χ4v) is 4.68. The van der Waals surface area contributed by atoms with Crippen molar-refractivity contribution in [2.75, 3.05) is 13.1 Å². The van der Waals surface area contributed by atoms with Gasteiger partial charge in [-0.15, -0.1) is 0 Å². The van der Waals surface area contributed by atoms with Gasteiger partial charge in [0.15, 0.2) is 0 Å². The minimum absolute atomic E-state index is 0.0161. The number of carbonyl (C=O) groups is 1. The van der Waals surface area contributed by atoms with Crippen LogP contribution in [0.2, 0.25) is 0 Å². The van der Waals surface area contributed by atoms with Crippen molar-refractivity contribution >= 4 is 5.91 Å². The van der Waals surface area contributed by atoms with Crippen molar-refractivity contribution in [3.63, 3.8) is 0 Å². The molecule has 1 saturated heterocycles. The minimum atomic E-state index is -0.282. The molecule has 1 amide bonds. The Morgan fingerprint density at radius 3 is 2.43 bits per heavy atom. The van der Waals surface area contributed by atoms with E-state index in [1.54, 1.807) is 0 Å². The molecule has 0 aliphatic carbocycles. The normalized spacial score (nSPS) is 21.5. The number of benzene rings is 2. The Labute approximate surface area is 180 Å². The highest BCUT2D eigenvalue weighted by atomic mass is 16.5. The zero-order chi connectivity index (χ0) is 21.3. The van der Waals surface area contributed by atoms with Crippen LogP contribution >= 0.6 is 0 Å². The number of aryl methyl sites for hydroxylation is 2. The molecule has 2 aromatic rings. The number of nitrogens with one attached hydrogen (secondary N) is 1. The van der Waals surface area contributed by atoms with E-state index in [1.165, 1.54) is 16.7 Å². The molecule has 0 radical (unpaired) electrons. The molecule has 2 aliphatic rings. The van der Waals surface area contributed by atoms with Gasteiger partial charge >= 0.3 is 0 Å². The molecule has 1 N–H and O–H groups in total. The Balaban J connectivity index is 1.35. The lowest BCUT2D eigenvalue weighted by Crippen LogP contribution is -2.45. The molecule has 1 atom stereocenters. The molecular weight excluding hydrogens is 372 g/mol. The number of hydrogen-bond donors (Lipinski definition) is 1. The van der Waals surface area contributed by atoms with Crippen LogP contribution in [0.3, 0.4) is 0 Å². The molecule has 1 unspecified atom stereocenters. The maximum atomic E-state index is 13.1. The van der Waals surface area contributed by atoms with Crippen molar-refractivity contribution in [1.29, 1.82) is 0 Å². The van der Waals surface area contributed by atoms with E-state index in [-0.39, 0.29) is 23.5 Å². The summed E-state index contributed by atoms with van der Waals surface area (Å²) >= 11 is 0. The van der Waals surface area contributed by atoms with Crippen molar-refractivity contribution in [2.45, 2.75) is 65.1 Å². The Morgan fingerprint density at radius 2 is 1.73 bits per heavy atom. The lowest BCUT2D eigenvalue weighted by atomic mass is 9.88. The van der Waals surface area contributed by atoms with Crippen LogP contribution in [0.4, 0.5) is 0 Å². The lowest BCUT2D eigenvalue weighted by Gasteiger charge is -2.39. The van der Waals surface area contributed by atoms with Crippen molar-refractivity contribution < 1.29 is 9.53 Å². The van der Waals surface area contributed by atoms with E-state index in [9.17, 15) is 4.79 Å². The van der Waals surface area contributed by atoms with E-state index < -0.39 is 0 Å². The number of carbonyl (C=O) groups excluding carboxylic acids is 1. The van der Waals surface area contributed by atoms with Crippen LogP contribution in [0.5, 0.6) is 5.75 Å². The summed E-state index contributed by atoms with van der Waals surface area (Å²) in [6.45, 7) is 11.3. The summed E-state index contributed by atoms with van der Waals surface area (Å²) in [7, 11) is 0. The third-order valence-electron chi connectivity index (χ3n) is 6.43. The van der Waals surface area contributed by atoms with Crippen LogP contribution in [0.1, 0.15) is 61.4 Å². The molecular formula is C26H34N2O2. The first-order valence-electron chi connectivity index (χ1n) is 11.2. The van der Waals surface area contributed by atoms with Gasteiger partial charge in [0.1, 0.15) is 11.4 Å². The molecule has 0 saturated carbocycles. The van der Waals surface area contributed by atoms with E-state index in [4.69, 9.17) is 4.74 Å². The second-order valence-corrected chi connectivity index (χ2v) is 9.70. The van der Waals surface area contributed by atoms with Gasteiger partial charge in [0.25, 0.3) is 0 Å². The summed E-state index contributed by atoms with van der Waals surface area (Å²) in [5.74, 6) is 1.20. The number of likely N-dealkylation sites (tertiary alicyclic amines) is 1. The zero-order valence-corrected chi connectivity index (χ0v) is 18.7. The largest absolute Gasteiger partial charge is 0.487 e. The summed E-state index contributed by atoms with van der Waals surface area (Å²) in [6.07, 6.45) is 2.64. The number of nitrogens with zero attached hydrogens (tertiary/aromatic N) is 1. The number of fused-ring (bicyclic) bond motifs is 1. The third-order valence-corrected chi connectivity index (χ3v) is 6.43. The average molecular weight is 407 g/mol. The first-order chi connectivity index (χ1) is 14.3. The van der Waals surface area contributed by atoms with Crippen LogP contribution in [0.15, 0.2) is 42.5 Å². The summed E-state index contributed by atoms with van der Waals surface area (Å²) in [5.41, 5.74) is 4.64. The fourth-order valence-electron chi connectivity index (χ4n) is 4.68. The molecule has 160 valence electrons. The van der Waals surface area contributed by atoms with E-state index >= 15 is 0 Å². The summed E-state index contributed by atoms with van der Waals surface area (Å²) in [5, 5.41) is 3.35. The highest BCUT2D eigenvalue weighted by Crippen LogP contribution is 2.40.